The van der Waals surface area contributed by atoms with Gasteiger partial charge in [-0.3, -0.25) is 18.5 Å². The van der Waals surface area contributed by atoms with Gasteiger partial charge in [0.15, 0.2) is 11.2 Å². The number of rotatable bonds is 5. The van der Waals surface area contributed by atoms with Gasteiger partial charge in [0.1, 0.15) is 0 Å². The van der Waals surface area contributed by atoms with Crippen LogP contribution in [-0.2, 0) is 20.6 Å². The third kappa shape index (κ3) is 3.41. The molecule has 2 heterocycles. The third-order valence-corrected chi connectivity index (χ3v) is 5.65. The fourth-order valence-electron chi connectivity index (χ4n) is 3.53. The molecule has 2 aromatic carbocycles. The van der Waals surface area contributed by atoms with E-state index in [0.29, 0.717) is 28.7 Å². The van der Waals surface area contributed by atoms with E-state index in [1.54, 1.807) is 11.6 Å². The van der Waals surface area contributed by atoms with Crippen LogP contribution >= 0.6 is 11.6 Å². The minimum atomic E-state index is -0.419. The van der Waals surface area contributed by atoms with Crippen molar-refractivity contribution in [2.45, 2.75) is 19.5 Å². The molecule has 4 rings (SSSR count). The van der Waals surface area contributed by atoms with E-state index in [2.05, 4.69) is 10.3 Å². The highest BCUT2D eigenvalue weighted by Gasteiger charge is 2.21. The molecule has 30 heavy (non-hydrogen) atoms. The molecule has 7 nitrogen and oxygen atoms in total. The Kier molecular flexibility index (Phi) is 5.22. The number of imidazole rings is 1. The molecule has 0 saturated heterocycles. The van der Waals surface area contributed by atoms with E-state index in [1.165, 1.54) is 11.6 Å². The molecule has 8 heteroatoms. The third-order valence-electron chi connectivity index (χ3n) is 5.28. The summed E-state index contributed by atoms with van der Waals surface area (Å²) in [5, 5.41) is 3.99. The number of halogens is 1. The van der Waals surface area contributed by atoms with Crippen molar-refractivity contribution in [1.29, 1.82) is 0 Å². The van der Waals surface area contributed by atoms with Crippen LogP contribution in [0.3, 0.4) is 0 Å². The number of hydrogen-bond donors (Lipinski definition) is 1. The quantitative estimate of drug-likeness (QED) is 0.534. The highest BCUT2D eigenvalue weighted by molar-refractivity contribution is 6.31. The second kappa shape index (κ2) is 7.84. The van der Waals surface area contributed by atoms with Crippen LogP contribution in [0.2, 0.25) is 5.02 Å². The van der Waals surface area contributed by atoms with E-state index in [-0.39, 0.29) is 6.04 Å². The van der Waals surface area contributed by atoms with E-state index >= 15 is 0 Å². The Morgan fingerprint density at radius 3 is 2.37 bits per heavy atom. The first kappa shape index (κ1) is 20.0. The predicted molar refractivity (Wildman–Crippen MR) is 119 cm³/mol. The number of benzene rings is 2. The zero-order chi connectivity index (χ0) is 21.4. The van der Waals surface area contributed by atoms with E-state index in [4.69, 9.17) is 11.6 Å². The van der Waals surface area contributed by atoms with Gasteiger partial charge in [-0.05, 0) is 24.1 Å². The van der Waals surface area contributed by atoms with E-state index in [9.17, 15) is 9.59 Å². The van der Waals surface area contributed by atoms with E-state index in [0.717, 1.165) is 15.7 Å². The first-order valence-corrected chi connectivity index (χ1v) is 9.97. The van der Waals surface area contributed by atoms with Crippen LogP contribution < -0.4 is 16.6 Å². The van der Waals surface area contributed by atoms with Crippen LogP contribution in [0.15, 0.2) is 64.2 Å². The Labute approximate surface area is 178 Å². The van der Waals surface area contributed by atoms with Crippen molar-refractivity contribution < 1.29 is 0 Å². The molecule has 0 aliphatic heterocycles. The number of nitrogens with one attached hydrogen (secondary N) is 1. The molecule has 0 radical (unpaired) electrons. The lowest BCUT2D eigenvalue weighted by atomic mass is 10.1. The molecule has 0 aliphatic rings. The zero-order valence-electron chi connectivity index (χ0n) is 17.0. The summed E-state index contributed by atoms with van der Waals surface area (Å²) in [5.74, 6) is 0.500. The topological polar surface area (TPSA) is 73.8 Å². The highest BCUT2D eigenvalue weighted by Crippen LogP contribution is 2.25. The second-order valence-corrected chi connectivity index (χ2v) is 7.67. The van der Waals surface area contributed by atoms with Gasteiger partial charge >= 0.3 is 5.69 Å². The van der Waals surface area contributed by atoms with Crippen LogP contribution in [0.1, 0.15) is 24.1 Å². The Hall–Kier alpha value is -3.32. The van der Waals surface area contributed by atoms with Crippen LogP contribution in [-0.4, -0.2) is 18.7 Å². The normalized spacial score (nSPS) is 12.3. The van der Waals surface area contributed by atoms with Crippen molar-refractivity contribution in [3.8, 4) is 0 Å². The van der Waals surface area contributed by atoms with Crippen LogP contribution in [0.5, 0.6) is 0 Å². The van der Waals surface area contributed by atoms with Gasteiger partial charge in [0.2, 0.25) is 5.95 Å². The Bertz CT molecular complexity index is 1340. The largest absolute Gasteiger partial charge is 0.349 e. The summed E-state index contributed by atoms with van der Waals surface area (Å²) in [6, 6.07) is 17.4. The lowest BCUT2D eigenvalue weighted by Crippen LogP contribution is -2.37. The molecule has 0 amide bonds. The minimum absolute atomic E-state index is 0.0612. The summed E-state index contributed by atoms with van der Waals surface area (Å²) < 4.78 is 4.27. The van der Waals surface area contributed by atoms with Gasteiger partial charge in [0, 0.05) is 19.1 Å². The summed E-state index contributed by atoms with van der Waals surface area (Å²) in [5.41, 5.74) is 1.80. The number of hydrogen-bond acceptors (Lipinski definition) is 4. The molecular weight excluding hydrogens is 402 g/mol. The number of aromatic nitrogens is 4. The maximum Gasteiger partial charge on any atom is 0.332 e. The number of aryl methyl sites for hydroxylation is 1. The summed E-state index contributed by atoms with van der Waals surface area (Å²) in [7, 11) is 3.08. The average Bonchev–Trinajstić information content (AvgIpc) is 3.11. The van der Waals surface area contributed by atoms with Crippen LogP contribution in [0, 0.1) is 0 Å². The summed E-state index contributed by atoms with van der Waals surface area (Å²) in [4.78, 5) is 30.0. The van der Waals surface area contributed by atoms with Crippen molar-refractivity contribution in [3.63, 3.8) is 0 Å². The molecular formula is C22H22ClN5O2. The van der Waals surface area contributed by atoms with Gasteiger partial charge in [-0.2, -0.15) is 4.98 Å². The Morgan fingerprint density at radius 1 is 1.00 bits per heavy atom. The SMILES string of the molecule is C[C@@H](Nc1nc2c(c(=O)n(C)c(=O)n2C)n1Cc1ccccc1Cl)c1ccccc1. The van der Waals surface area contributed by atoms with Gasteiger partial charge in [0.25, 0.3) is 5.56 Å². The molecule has 2 aromatic heterocycles. The smallest absolute Gasteiger partial charge is 0.332 e. The summed E-state index contributed by atoms with van der Waals surface area (Å²) >= 11 is 6.38. The molecule has 1 N–H and O–H groups in total. The predicted octanol–water partition coefficient (Wildman–Crippen LogP) is 3.31. The monoisotopic (exact) mass is 423 g/mol. The maximum atomic E-state index is 13.0. The minimum Gasteiger partial charge on any atom is -0.349 e. The number of fused-ring (bicyclic) bond motifs is 1. The molecule has 0 aliphatic carbocycles. The molecule has 4 aromatic rings. The maximum absolute atomic E-state index is 13.0. The lowest BCUT2D eigenvalue weighted by molar-refractivity contribution is 0.702. The van der Waals surface area contributed by atoms with E-state index < -0.39 is 11.2 Å². The van der Waals surface area contributed by atoms with Crippen molar-refractivity contribution in [3.05, 3.63) is 91.6 Å². The molecule has 0 unspecified atom stereocenters. The molecule has 0 bridgehead atoms. The van der Waals surface area contributed by atoms with Gasteiger partial charge in [-0.15, -0.1) is 0 Å². The second-order valence-electron chi connectivity index (χ2n) is 7.27. The van der Waals surface area contributed by atoms with Gasteiger partial charge in [-0.25, -0.2) is 4.79 Å². The fourth-order valence-corrected chi connectivity index (χ4v) is 3.72. The summed E-state index contributed by atoms with van der Waals surface area (Å²) in [6.45, 7) is 2.36. The van der Waals surface area contributed by atoms with Gasteiger partial charge < -0.3 is 5.32 Å². The van der Waals surface area contributed by atoms with Crippen molar-refractivity contribution in [2.75, 3.05) is 5.32 Å². The molecule has 154 valence electrons. The van der Waals surface area contributed by atoms with Crippen LogP contribution in [0.25, 0.3) is 11.2 Å². The molecule has 1 atom stereocenters. The molecule has 0 spiro atoms. The first-order chi connectivity index (χ1) is 14.4. The van der Waals surface area contributed by atoms with Crippen molar-refractivity contribution >= 4 is 28.7 Å². The average molecular weight is 424 g/mol. The Balaban J connectivity index is 1.91. The zero-order valence-corrected chi connectivity index (χ0v) is 17.7. The van der Waals surface area contributed by atoms with Gasteiger partial charge in [0.05, 0.1) is 12.6 Å². The standard InChI is InChI=1S/C22H22ClN5O2/c1-14(15-9-5-4-6-10-15)24-21-25-19-18(20(29)27(3)22(30)26(19)2)28(21)13-16-11-7-8-12-17(16)23/h4-12,14H,13H2,1-3H3,(H,24,25)/t14-/m1/s1. The first-order valence-electron chi connectivity index (χ1n) is 9.59. The number of anilines is 1. The van der Waals surface area contributed by atoms with Crippen molar-refractivity contribution in [1.82, 2.24) is 18.7 Å². The summed E-state index contributed by atoms with van der Waals surface area (Å²) in [6.07, 6.45) is 0. The molecule has 0 saturated carbocycles. The van der Waals surface area contributed by atoms with Crippen LogP contribution in [0.4, 0.5) is 5.95 Å². The lowest BCUT2D eigenvalue weighted by Gasteiger charge is -2.17. The van der Waals surface area contributed by atoms with Crippen molar-refractivity contribution in [2.24, 2.45) is 14.1 Å². The Morgan fingerprint density at radius 2 is 1.67 bits per heavy atom. The number of nitrogens with zero attached hydrogens (tertiary/aromatic N) is 4. The fraction of sp³-hybridized carbons (Fsp3) is 0.227. The van der Waals surface area contributed by atoms with Gasteiger partial charge in [-0.1, -0.05) is 60.1 Å². The molecule has 0 fully saturated rings. The highest BCUT2D eigenvalue weighted by atomic mass is 35.5. The van der Waals surface area contributed by atoms with E-state index in [1.807, 2.05) is 61.5 Å².